The Kier molecular flexibility index (Phi) is 7.15. The Morgan fingerprint density at radius 1 is 1.29 bits per heavy atom. The number of ether oxygens (including phenoxy) is 2. The van der Waals surface area contributed by atoms with Crippen LogP contribution in [0.2, 0.25) is 10.0 Å². The van der Waals surface area contributed by atoms with Gasteiger partial charge in [-0.05, 0) is 30.0 Å². The second-order valence-corrected chi connectivity index (χ2v) is 8.45. The highest BCUT2D eigenvalue weighted by Gasteiger charge is 2.28. The Hall–Kier alpha value is -1.83. The van der Waals surface area contributed by atoms with Crippen molar-refractivity contribution in [1.82, 2.24) is 4.98 Å². The lowest BCUT2D eigenvalue weighted by Gasteiger charge is -2.20. The highest BCUT2D eigenvalue weighted by atomic mass is 35.5. The topological polar surface area (TPSA) is 77.5 Å². The van der Waals surface area contributed by atoms with Crippen LogP contribution in [0, 0.1) is 5.92 Å². The van der Waals surface area contributed by atoms with Gasteiger partial charge in [-0.15, -0.1) is 0 Å². The van der Waals surface area contributed by atoms with Gasteiger partial charge in [-0.3, -0.25) is 4.79 Å². The number of aromatic nitrogens is 1. The lowest BCUT2D eigenvalue weighted by molar-refractivity contribution is -0.118. The number of carbonyl (C=O) groups excluding carboxylic acids is 2. The minimum absolute atomic E-state index is 0.177. The molecule has 1 aliphatic carbocycles. The van der Waals surface area contributed by atoms with Crippen LogP contribution in [0.5, 0.6) is 5.06 Å². The molecule has 1 saturated carbocycles. The predicted octanol–water partition coefficient (Wildman–Crippen LogP) is 5.90. The third kappa shape index (κ3) is 5.37. The maximum absolute atomic E-state index is 13.0. The van der Waals surface area contributed by atoms with Crippen LogP contribution in [0.25, 0.3) is 0 Å². The summed E-state index contributed by atoms with van der Waals surface area (Å²) < 4.78 is 9.36. The molecule has 0 spiro atoms. The fraction of sp³-hybridized carbons (Fsp3) is 0.421. The third-order valence-corrected chi connectivity index (χ3v) is 6.30. The van der Waals surface area contributed by atoms with Gasteiger partial charge in [0.15, 0.2) is 5.13 Å². The van der Waals surface area contributed by atoms with Crippen molar-refractivity contribution in [2.45, 2.75) is 38.0 Å². The van der Waals surface area contributed by atoms with Crippen molar-refractivity contribution in [3.63, 3.8) is 0 Å². The molecule has 1 heterocycles. The Balaban J connectivity index is 1.75. The van der Waals surface area contributed by atoms with Crippen molar-refractivity contribution in [3.8, 4) is 5.06 Å². The zero-order chi connectivity index (χ0) is 20.1. The van der Waals surface area contributed by atoms with Crippen molar-refractivity contribution >= 4 is 51.7 Å². The minimum Gasteiger partial charge on any atom is -0.437 e. The summed E-state index contributed by atoms with van der Waals surface area (Å²) in [6, 6.07) is 5.29. The summed E-state index contributed by atoms with van der Waals surface area (Å²) in [6.45, 7) is 0. The molecule has 3 rings (SSSR count). The van der Waals surface area contributed by atoms with Crippen molar-refractivity contribution < 1.29 is 19.1 Å². The molecule has 6 nitrogen and oxygen atoms in total. The number of rotatable bonds is 6. The van der Waals surface area contributed by atoms with Gasteiger partial charge in [-0.25, -0.2) is 9.78 Å². The maximum atomic E-state index is 13.0. The molecule has 0 bridgehead atoms. The molecule has 1 N–H and O–H groups in total. The number of carbonyl (C=O) groups is 2. The highest BCUT2D eigenvalue weighted by molar-refractivity contribution is 7.17. The second-order valence-electron chi connectivity index (χ2n) is 6.64. The highest BCUT2D eigenvalue weighted by Crippen LogP contribution is 2.37. The van der Waals surface area contributed by atoms with E-state index in [0.717, 1.165) is 36.2 Å². The first-order chi connectivity index (χ1) is 13.5. The van der Waals surface area contributed by atoms with Crippen LogP contribution in [0.4, 0.5) is 9.93 Å². The number of halogens is 2. The van der Waals surface area contributed by atoms with E-state index < -0.39 is 6.16 Å². The van der Waals surface area contributed by atoms with Crippen LogP contribution in [-0.2, 0) is 9.53 Å². The van der Waals surface area contributed by atoms with E-state index in [1.54, 1.807) is 12.1 Å². The first-order valence-corrected chi connectivity index (χ1v) is 10.5. The summed E-state index contributed by atoms with van der Waals surface area (Å²) >= 11 is 13.3. The number of nitrogens with zero attached hydrogens (tertiary/aromatic N) is 1. The fourth-order valence-electron chi connectivity index (χ4n) is 3.38. The SMILES string of the molecule is COC(=O)Oc1cnc(NC(=O)C(CC2CCCC2)c2ccc(Cl)c(Cl)c2)s1. The Labute approximate surface area is 177 Å². The molecule has 150 valence electrons. The Morgan fingerprint density at radius 3 is 2.71 bits per heavy atom. The molecule has 1 amide bonds. The molecule has 1 atom stereocenters. The molecule has 1 fully saturated rings. The molecule has 28 heavy (non-hydrogen) atoms. The summed E-state index contributed by atoms with van der Waals surface area (Å²) in [5, 5.41) is 4.28. The third-order valence-electron chi connectivity index (χ3n) is 4.77. The Morgan fingerprint density at radius 2 is 2.04 bits per heavy atom. The van der Waals surface area contributed by atoms with Gasteiger partial charge in [0, 0.05) is 0 Å². The van der Waals surface area contributed by atoms with Crippen molar-refractivity contribution in [1.29, 1.82) is 0 Å². The van der Waals surface area contributed by atoms with Gasteiger partial charge in [0.1, 0.15) is 0 Å². The molecule has 1 aromatic heterocycles. The largest absolute Gasteiger partial charge is 0.514 e. The summed E-state index contributed by atoms with van der Waals surface area (Å²) in [4.78, 5) is 28.3. The summed E-state index contributed by atoms with van der Waals surface area (Å²) in [7, 11) is 1.22. The van der Waals surface area contributed by atoms with Crippen LogP contribution >= 0.6 is 34.5 Å². The summed E-state index contributed by atoms with van der Waals surface area (Å²) in [5.41, 5.74) is 0.821. The second kappa shape index (κ2) is 9.58. The van der Waals surface area contributed by atoms with Crippen molar-refractivity contribution in [2.75, 3.05) is 12.4 Å². The van der Waals surface area contributed by atoms with Gasteiger partial charge in [0.25, 0.3) is 0 Å². The average Bonchev–Trinajstić information content (AvgIpc) is 3.34. The van der Waals surface area contributed by atoms with E-state index in [1.807, 2.05) is 6.07 Å². The Bertz CT molecular complexity index is 852. The zero-order valence-electron chi connectivity index (χ0n) is 15.2. The van der Waals surface area contributed by atoms with E-state index in [9.17, 15) is 9.59 Å². The van der Waals surface area contributed by atoms with Crippen LogP contribution in [0.3, 0.4) is 0 Å². The van der Waals surface area contributed by atoms with E-state index in [4.69, 9.17) is 27.9 Å². The van der Waals surface area contributed by atoms with Crippen LogP contribution in [0.1, 0.15) is 43.6 Å². The van der Waals surface area contributed by atoms with Crippen LogP contribution in [-0.4, -0.2) is 24.2 Å². The summed E-state index contributed by atoms with van der Waals surface area (Å²) in [5.74, 6) is -0.0456. The van der Waals surface area contributed by atoms with E-state index in [0.29, 0.717) is 21.1 Å². The van der Waals surface area contributed by atoms with Gasteiger partial charge >= 0.3 is 6.16 Å². The van der Waals surface area contributed by atoms with E-state index in [1.165, 1.54) is 26.1 Å². The normalized spacial score (nSPS) is 15.2. The molecular formula is C19H20Cl2N2O4S. The number of hydrogen-bond donors (Lipinski definition) is 1. The number of thiazole rings is 1. The summed E-state index contributed by atoms with van der Waals surface area (Å²) in [6.07, 6.45) is 5.90. The van der Waals surface area contributed by atoms with E-state index in [-0.39, 0.29) is 16.9 Å². The monoisotopic (exact) mass is 442 g/mol. The molecule has 0 saturated heterocycles. The number of hydrogen-bond acceptors (Lipinski definition) is 6. The predicted molar refractivity (Wildman–Crippen MR) is 110 cm³/mol. The lowest BCUT2D eigenvalue weighted by atomic mass is 9.87. The number of amides is 1. The molecule has 1 aromatic carbocycles. The zero-order valence-corrected chi connectivity index (χ0v) is 17.6. The molecule has 2 aromatic rings. The van der Waals surface area contributed by atoms with Gasteiger partial charge < -0.3 is 14.8 Å². The smallest absolute Gasteiger partial charge is 0.437 e. The quantitative estimate of drug-likeness (QED) is 0.563. The minimum atomic E-state index is -0.837. The standard InChI is InChI=1S/C19H20Cl2N2O4S/c1-26-19(25)27-16-10-22-18(28-16)23-17(24)13(8-11-4-2-3-5-11)12-6-7-14(20)15(21)9-12/h6-7,9-11,13H,2-5,8H2,1H3,(H,22,23,24). The van der Waals surface area contributed by atoms with Gasteiger partial charge in [-0.1, -0.05) is 66.3 Å². The van der Waals surface area contributed by atoms with Crippen LogP contribution in [0.15, 0.2) is 24.4 Å². The van der Waals surface area contributed by atoms with E-state index >= 15 is 0 Å². The first kappa shape index (κ1) is 20.9. The first-order valence-electron chi connectivity index (χ1n) is 8.93. The number of nitrogens with one attached hydrogen (secondary N) is 1. The van der Waals surface area contributed by atoms with Gasteiger partial charge in [0.2, 0.25) is 11.0 Å². The maximum Gasteiger partial charge on any atom is 0.514 e. The molecule has 9 heteroatoms. The lowest BCUT2D eigenvalue weighted by Crippen LogP contribution is -2.23. The van der Waals surface area contributed by atoms with Crippen LogP contribution < -0.4 is 10.1 Å². The molecule has 1 aliphatic rings. The molecule has 0 aliphatic heterocycles. The number of methoxy groups -OCH3 is 1. The van der Waals surface area contributed by atoms with Crippen molar-refractivity contribution in [2.24, 2.45) is 5.92 Å². The average molecular weight is 443 g/mol. The number of benzene rings is 1. The molecular weight excluding hydrogens is 423 g/mol. The van der Waals surface area contributed by atoms with E-state index in [2.05, 4.69) is 15.0 Å². The molecule has 0 radical (unpaired) electrons. The van der Waals surface area contributed by atoms with Gasteiger partial charge in [-0.2, -0.15) is 0 Å². The fourth-order valence-corrected chi connectivity index (χ4v) is 4.35. The van der Waals surface area contributed by atoms with Crippen molar-refractivity contribution in [3.05, 3.63) is 40.0 Å². The number of anilines is 1. The molecule has 1 unspecified atom stereocenters. The van der Waals surface area contributed by atoms with Gasteiger partial charge in [0.05, 0.1) is 29.3 Å².